The summed E-state index contributed by atoms with van der Waals surface area (Å²) in [5, 5.41) is 3.22. The molecule has 0 spiro atoms. The standard InChI is InChI=1S/C14H11N3/c1-2-6-11(7-3-1)16-14-10-15-12-8-4-5-9-13(12)17-14/h1-10H,(H,16,17). The number of nitrogens with one attached hydrogen (secondary N) is 1. The van der Waals surface area contributed by atoms with Crippen molar-refractivity contribution >= 4 is 22.5 Å². The maximum Gasteiger partial charge on any atom is 0.149 e. The summed E-state index contributed by atoms with van der Waals surface area (Å²) in [6.07, 6.45) is 1.75. The highest BCUT2D eigenvalue weighted by molar-refractivity contribution is 5.75. The Morgan fingerprint density at radius 1 is 0.765 bits per heavy atom. The molecule has 3 heteroatoms. The van der Waals surface area contributed by atoms with Crippen LogP contribution in [0.25, 0.3) is 11.0 Å². The quantitative estimate of drug-likeness (QED) is 0.721. The molecule has 1 heterocycles. The first-order chi connectivity index (χ1) is 8.42. The largest absolute Gasteiger partial charge is 0.339 e. The summed E-state index contributed by atoms with van der Waals surface area (Å²) in [7, 11) is 0. The smallest absolute Gasteiger partial charge is 0.149 e. The van der Waals surface area contributed by atoms with Crippen LogP contribution in [-0.2, 0) is 0 Å². The highest BCUT2D eigenvalue weighted by atomic mass is 15.0. The number of anilines is 2. The maximum atomic E-state index is 4.50. The number of hydrogen-bond donors (Lipinski definition) is 1. The Balaban J connectivity index is 1.96. The Bertz CT molecular complexity index is 635. The summed E-state index contributed by atoms with van der Waals surface area (Å²) < 4.78 is 0. The van der Waals surface area contributed by atoms with Gasteiger partial charge in [-0.3, -0.25) is 4.98 Å². The monoisotopic (exact) mass is 221 g/mol. The van der Waals surface area contributed by atoms with E-state index in [0.29, 0.717) is 0 Å². The highest BCUT2D eigenvalue weighted by Crippen LogP contribution is 2.15. The Kier molecular flexibility index (Phi) is 2.43. The molecule has 1 N–H and O–H groups in total. The van der Waals surface area contributed by atoms with Crippen LogP contribution in [0, 0.1) is 0 Å². The molecule has 0 aliphatic rings. The number of nitrogens with zero attached hydrogens (tertiary/aromatic N) is 2. The molecule has 3 rings (SSSR count). The second kappa shape index (κ2) is 4.22. The average molecular weight is 221 g/mol. The van der Waals surface area contributed by atoms with Crippen molar-refractivity contribution in [3.63, 3.8) is 0 Å². The van der Waals surface area contributed by atoms with Crippen molar-refractivity contribution in [3.8, 4) is 0 Å². The van der Waals surface area contributed by atoms with Gasteiger partial charge in [0.1, 0.15) is 5.82 Å². The third-order valence-electron chi connectivity index (χ3n) is 2.49. The first-order valence-electron chi connectivity index (χ1n) is 5.46. The lowest BCUT2D eigenvalue weighted by atomic mass is 10.3. The van der Waals surface area contributed by atoms with Crippen molar-refractivity contribution in [2.75, 3.05) is 5.32 Å². The second-order valence-corrected chi connectivity index (χ2v) is 3.73. The zero-order valence-corrected chi connectivity index (χ0v) is 9.17. The van der Waals surface area contributed by atoms with Gasteiger partial charge in [-0.2, -0.15) is 0 Å². The zero-order chi connectivity index (χ0) is 11.5. The maximum absolute atomic E-state index is 4.50. The number of hydrogen-bond acceptors (Lipinski definition) is 3. The predicted octanol–water partition coefficient (Wildman–Crippen LogP) is 3.37. The molecule has 17 heavy (non-hydrogen) atoms. The topological polar surface area (TPSA) is 37.8 Å². The van der Waals surface area contributed by atoms with Crippen LogP contribution in [0.2, 0.25) is 0 Å². The van der Waals surface area contributed by atoms with Gasteiger partial charge in [0.15, 0.2) is 0 Å². The van der Waals surface area contributed by atoms with E-state index < -0.39 is 0 Å². The van der Waals surface area contributed by atoms with Gasteiger partial charge in [-0.1, -0.05) is 30.3 Å². The minimum absolute atomic E-state index is 0.759. The Labute approximate surface area is 99.2 Å². The fraction of sp³-hybridized carbons (Fsp3) is 0. The van der Waals surface area contributed by atoms with Gasteiger partial charge in [-0.15, -0.1) is 0 Å². The van der Waals surface area contributed by atoms with Crippen molar-refractivity contribution < 1.29 is 0 Å². The van der Waals surface area contributed by atoms with E-state index in [4.69, 9.17) is 0 Å². The molecule has 3 aromatic rings. The van der Waals surface area contributed by atoms with Crippen LogP contribution >= 0.6 is 0 Å². The molecular formula is C14H11N3. The van der Waals surface area contributed by atoms with Gasteiger partial charge in [0.25, 0.3) is 0 Å². The van der Waals surface area contributed by atoms with Crippen molar-refractivity contribution in [3.05, 3.63) is 60.8 Å². The van der Waals surface area contributed by atoms with Crippen LogP contribution in [0.1, 0.15) is 0 Å². The van der Waals surface area contributed by atoms with Crippen LogP contribution < -0.4 is 5.32 Å². The first kappa shape index (κ1) is 9.78. The molecule has 82 valence electrons. The van der Waals surface area contributed by atoms with Crippen molar-refractivity contribution in [2.24, 2.45) is 0 Å². The zero-order valence-electron chi connectivity index (χ0n) is 9.17. The molecule has 0 saturated heterocycles. The lowest BCUT2D eigenvalue weighted by Crippen LogP contribution is -1.94. The molecular weight excluding hydrogens is 210 g/mol. The Morgan fingerprint density at radius 2 is 1.47 bits per heavy atom. The number of fused-ring (bicyclic) bond motifs is 1. The minimum atomic E-state index is 0.759. The molecule has 0 atom stereocenters. The van der Waals surface area contributed by atoms with E-state index in [1.54, 1.807) is 6.20 Å². The Hall–Kier alpha value is -2.42. The van der Waals surface area contributed by atoms with E-state index in [1.807, 2.05) is 54.6 Å². The van der Waals surface area contributed by atoms with Gasteiger partial charge in [0.2, 0.25) is 0 Å². The van der Waals surface area contributed by atoms with E-state index in [1.165, 1.54) is 0 Å². The summed E-state index contributed by atoms with van der Waals surface area (Å²) in [6.45, 7) is 0. The van der Waals surface area contributed by atoms with Crippen molar-refractivity contribution in [1.82, 2.24) is 9.97 Å². The van der Waals surface area contributed by atoms with E-state index in [9.17, 15) is 0 Å². The van der Waals surface area contributed by atoms with Gasteiger partial charge in [0.05, 0.1) is 17.2 Å². The number of aromatic nitrogens is 2. The van der Waals surface area contributed by atoms with Crippen LogP contribution in [0.3, 0.4) is 0 Å². The van der Waals surface area contributed by atoms with Gasteiger partial charge in [-0.25, -0.2) is 4.98 Å². The van der Waals surface area contributed by atoms with Gasteiger partial charge >= 0.3 is 0 Å². The SMILES string of the molecule is c1ccc(Nc2cnc3ccccc3n2)cc1. The van der Waals surface area contributed by atoms with Crippen LogP contribution in [0.15, 0.2) is 60.8 Å². The fourth-order valence-electron chi connectivity index (χ4n) is 1.69. The second-order valence-electron chi connectivity index (χ2n) is 3.73. The number of rotatable bonds is 2. The Morgan fingerprint density at radius 3 is 2.29 bits per heavy atom. The molecule has 0 radical (unpaired) electrons. The summed E-state index contributed by atoms with van der Waals surface area (Å²) in [5.41, 5.74) is 2.82. The third-order valence-corrected chi connectivity index (χ3v) is 2.49. The molecule has 0 aliphatic heterocycles. The highest BCUT2D eigenvalue weighted by Gasteiger charge is 1.98. The van der Waals surface area contributed by atoms with Gasteiger partial charge in [0, 0.05) is 5.69 Å². The fourth-order valence-corrected chi connectivity index (χ4v) is 1.69. The van der Waals surface area contributed by atoms with E-state index in [-0.39, 0.29) is 0 Å². The third kappa shape index (κ3) is 2.08. The molecule has 0 fully saturated rings. The lowest BCUT2D eigenvalue weighted by Gasteiger charge is -2.05. The molecule has 3 nitrogen and oxygen atoms in total. The van der Waals surface area contributed by atoms with Gasteiger partial charge in [-0.05, 0) is 24.3 Å². The van der Waals surface area contributed by atoms with Crippen molar-refractivity contribution in [2.45, 2.75) is 0 Å². The number of benzene rings is 2. The lowest BCUT2D eigenvalue weighted by molar-refractivity contribution is 1.28. The first-order valence-corrected chi connectivity index (χ1v) is 5.46. The average Bonchev–Trinajstić information content (AvgIpc) is 2.40. The van der Waals surface area contributed by atoms with E-state index >= 15 is 0 Å². The molecule has 2 aromatic carbocycles. The van der Waals surface area contributed by atoms with E-state index in [2.05, 4.69) is 15.3 Å². The van der Waals surface area contributed by atoms with Crippen LogP contribution in [0.4, 0.5) is 11.5 Å². The summed E-state index contributed by atoms with van der Waals surface area (Å²) in [5.74, 6) is 0.759. The van der Waals surface area contributed by atoms with E-state index in [0.717, 1.165) is 22.5 Å². The van der Waals surface area contributed by atoms with Crippen LogP contribution in [0.5, 0.6) is 0 Å². The van der Waals surface area contributed by atoms with Crippen LogP contribution in [-0.4, -0.2) is 9.97 Å². The number of para-hydroxylation sites is 3. The predicted molar refractivity (Wildman–Crippen MR) is 69.3 cm³/mol. The summed E-state index contributed by atoms with van der Waals surface area (Å²) in [6, 6.07) is 17.8. The van der Waals surface area contributed by atoms with Gasteiger partial charge < -0.3 is 5.32 Å². The minimum Gasteiger partial charge on any atom is -0.339 e. The molecule has 1 aromatic heterocycles. The van der Waals surface area contributed by atoms with Crippen molar-refractivity contribution in [1.29, 1.82) is 0 Å². The molecule has 0 bridgehead atoms. The molecule has 0 amide bonds. The summed E-state index contributed by atoms with van der Waals surface area (Å²) in [4.78, 5) is 8.85. The molecule has 0 aliphatic carbocycles. The molecule has 0 unspecified atom stereocenters. The summed E-state index contributed by atoms with van der Waals surface area (Å²) >= 11 is 0. The normalized spacial score (nSPS) is 10.4. The molecule has 0 saturated carbocycles.